The topological polar surface area (TPSA) is 76.6 Å². The zero-order valence-electron chi connectivity index (χ0n) is 13.2. The van der Waals surface area contributed by atoms with Crippen LogP contribution in [0.1, 0.15) is 10.4 Å². The first-order chi connectivity index (χ1) is 12.5. The first-order valence-electron chi connectivity index (χ1n) is 7.54. The van der Waals surface area contributed by atoms with E-state index in [4.69, 9.17) is 4.74 Å². The molecule has 1 amide bonds. The number of rotatable bonds is 3. The van der Waals surface area contributed by atoms with Crippen LogP contribution in [0, 0.1) is 5.82 Å². The molecule has 0 aliphatic carbocycles. The number of halogens is 1. The lowest BCUT2D eigenvalue weighted by molar-refractivity contribution is 0.101. The summed E-state index contributed by atoms with van der Waals surface area (Å²) in [4.78, 5) is 16.3. The van der Waals surface area contributed by atoms with Gasteiger partial charge in [-0.15, -0.1) is 0 Å². The maximum Gasteiger partial charge on any atom is 0.273 e. The minimum atomic E-state index is -4.11. The molecule has 130 valence electrons. The summed E-state index contributed by atoms with van der Waals surface area (Å²) in [5.41, 5.74) is -0.0865. The first kappa shape index (κ1) is 16.2. The first-order valence-corrected chi connectivity index (χ1v) is 8.98. The molecule has 1 aliphatic rings. The van der Waals surface area contributed by atoms with Gasteiger partial charge in [-0.25, -0.2) is 12.8 Å². The summed E-state index contributed by atoms with van der Waals surface area (Å²) in [7, 11) is -4.11. The zero-order chi connectivity index (χ0) is 18.3. The Balaban J connectivity index is 1.78. The van der Waals surface area contributed by atoms with Crippen molar-refractivity contribution in [2.24, 2.45) is 0 Å². The monoisotopic (exact) mass is 370 g/mol. The van der Waals surface area contributed by atoms with E-state index in [9.17, 15) is 17.6 Å². The van der Waals surface area contributed by atoms with Gasteiger partial charge in [-0.2, -0.15) is 4.31 Å². The average molecular weight is 370 g/mol. The fourth-order valence-corrected chi connectivity index (χ4v) is 4.29. The molecule has 0 N–H and O–H groups in total. The molecular weight excluding hydrogens is 359 g/mol. The van der Waals surface area contributed by atoms with Crippen LogP contribution in [0.15, 0.2) is 71.9 Å². The third-order valence-corrected chi connectivity index (χ3v) is 5.55. The summed E-state index contributed by atoms with van der Waals surface area (Å²) < 4.78 is 45.6. The van der Waals surface area contributed by atoms with E-state index in [0.717, 1.165) is 12.1 Å². The van der Waals surface area contributed by atoms with E-state index in [1.165, 1.54) is 30.5 Å². The van der Waals surface area contributed by atoms with Crippen LogP contribution in [0.2, 0.25) is 0 Å². The van der Waals surface area contributed by atoms with Gasteiger partial charge in [0.1, 0.15) is 22.2 Å². The number of hydrogen-bond acceptors (Lipinski definition) is 5. The Morgan fingerprint density at radius 3 is 2.54 bits per heavy atom. The van der Waals surface area contributed by atoms with E-state index in [1.807, 2.05) is 0 Å². The molecular formula is C18H11FN2O4S. The molecule has 26 heavy (non-hydrogen) atoms. The predicted molar refractivity (Wildman–Crippen MR) is 91.1 cm³/mol. The summed E-state index contributed by atoms with van der Waals surface area (Å²) in [5.74, 6) is -1.08. The number of amides is 1. The standard InChI is InChI=1S/C18H11FN2O4S/c19-12-8-13(10-15(9-12)25-14-4-3-7-20-11-14)21-18(22)16-5-1-2-6-17(16)26(21,23)24/h1-11H. The Morgan fingerprint density at radius 2 is 1.81 bits per heavy atom. The van der Waals surface area contributed by atoms with Gasteiger partial charge in [-0.1, -0.05) is 12.1 Å². The van der Waals surface area contributed by atoms with E-state index in [2.05, 4.69) is 4.98 Å². The summed E-state index contributed by atoms with van der Waals surface area (Å²) in [6, 6.07) is 12.5. The molecule has 8 heteroatoms. The number of benzene rings is 2. The van der Waals surface area contributed by atoms with Crippen molar-refractivity contribution in [2.45, 2.75) is 4.90 Å². The number of carbonyl (C=O) groups excluding carboxylic acids is 1. The molecule has 0 fully saturated rings. The third-order valence-electron chi connectivity index (χ3n) is 3.78. The van der Waals surface area contributed by atoms with Crippen LogP contribution in [-0.2, 0) is 10.0 Å². The number of nitrogens with zero attached hydrogens (tertiary/aromatic N) is 2. The molecule has 4 rings (SSSR count). The molecule has 0 radical (unpaired) electrons. The Morgan fingerprint density at radius 1 is 1.00 bits per heavy atom. The number of pyridine rings is 1. The highest BCUT2D eigenvalue weighted by atomic mass is 32.2. The van der Waals surface area contributed by atoms with Crippen LogP contribution in [0.5, 0.6) is 11.5 Å². The number of hydrogen-bond donors (Lipinski definition) is 0. The Labute approximate surface area is 148 Å². The number of anilines is 1. The molecule has 0 spiro atoms. The largest absolute Gasteiger partial charge is 0.456 e. The van der Waals surface area contributed by atoms with E-state index < -0.39 is 21.7 Å². The third kappa shape index (κ3) is 2.60. The molecule has 3 aromatic rings. The van der Waals surface area contributed by atoms with Gasteiger partial charge in [-0.3, -0.25) is 9.78 Å². The number of fused-ring (bicyclic) bond motifs is 1. The van der Waals surface area contributed by atoms with Gasteiger partial charge in [0.25, 0.3) is 15.9 Å². The van der Waals surface area contributed by atoms with E-state index >= 15 is 0 Å². The van der Waals surface area contributed by atoms with Gasteiger partial charge in [0, 0.05) is 18.3 Å². The Bertz CT molecular complexity index is 1120. The van der Waals surface area contributed by atoms with Crippen molar-refractivity contribution < 1.29 is 22.3 Å². The molecule has 2 heterocycles. The van der Waals surface area contributed by atoms with Gasteiger partial charge in [-0.05, 0) is 30.3 Å². The molecule has 0 bridgehead atoms. The highest BCUT2D eigenvalue weighted by Crippen LogP contribution is 2.36. The van der Waals surface area contributed by atoms with Gasteiger partial charge in [0.05, 0.1) is 17.4 Å². The van der Waals surface area contributed by atoms with Gasteiger partial charge >= 0.3 is 0 Å². The summed E-state index contributed by atoms with van der Waals surface area (Å²) >= 11 is 0. The van der Waals surface area contributed by atoms with Crippen molar-refractivity contribution in [3.8, 4) is 11.5 Å². The van der Waals surface area contributed by atoms with Crippen LogP contribution < -0.4 is 9.04 Å². The second kappa shape index (κ2) is 5.92. The van der Waals surface area contributed by atoms with Crippen LogP contribution in [0.25, 0.3) is 0 Å². The lowest BCUT2D eigenvalue weighted by Gasteiger charge is -2.16. The lowest BCUT2D eigenvalue weighted by atomic mass is 10.2. The maximum absolute atomic E-state index is 14.1. The molecule has 1 aromatic heterocycles. The van der Waals surface area contributed by atoms with Crippen LogP contribution in [0.4, 0.5) is 10.1 Å². The lowest BCUT2D eigenvalue weighted by Crippen LogP contribution is -2.29. The Kier molecular flexibility index (Phi) is 3.69. The number of ether oxygens (including phenoxy) is 1. The minimum Gasteiger partial charge on any atom is -0.456 e. The number of carbonyl (C=O) groups is 1. The summed E-state index contributed by atoms with van der Waals surface area (Å²) in [6.45, 7) is 0. The Hall–Kier alpha value is -3.26. The second-order valence-corrected chi connectivity index (χ2v) is 7.26. The fourth-order valence-electron chi connectivity index (χ4n) is 2.71. The molecule has 6 nitrogen and oxygen atoms in total. The molecule has 0 saturated carbocycles. The summed E-state index contributed by atoms with van der Waals surface area (Å²) in [5, 5.41) is 0. The maximum atomic E-state index is 14.1. The highest BCUT2D eigenvalue weighted by molar-refractivity contribution is 7.94. The highest BCUT2D eigenvalue weighted by Gasteiger charge is 2.42. The second-order valence-electron chi connectivity index (χ2n) is 5.51. The van der Waals surface area contributed by atoms with Gasteiger partial charge < -0.3 is 4.74 Å². The van der Waals surface area contributed by atoms with Gasteiger partial charge in [0.15, 0.2) is 0 Å². The van der Waals surface area contributed by atoms with Crippen molar-refractivity contribution in [3.63, 3.8) is 0 Å². The van der Waals surface area contributed by atoms with Gasteiger partial charge in [0.2, 0.25) is 0 Å². The normalized spacial score (nSPS) is 15.0. The fraction of sp³-hybridized carbons (Fsp3) is 0. The molecule has 0 unspecified atom stereocenters. The van der Waals surface area contributed by atoms with Crippen LogP contribution >= 0.6 is 0 Å². The minimum absolute atomic E-state index is 0.0477. The number of aromatic nitrogens is 1. The average Bonchev–Trinajstić information content (AvgIpc) is 2.82. The van der Waals surface area contributed by atoms with Crippen molar-refractivity contribution in [1.29, 1.82) is 0 Å². The smallest absolute Gasteiger partial charge is 0.273 e. The van der Waals surface area contributed by atoms with Crippen molar-refractivity contribution >= 4 is 21.6 Å². The van der Waals surface area contributed by atoms with Crippen LogP contribution in [0.3, 0.4) is 0 Å². The zero-order valence-corrected chi connectivity index (χ0v) is 14.0. The van der Waals surface area contributed by atoms with Crippen molar-refractivity contribution in [2.75, 3.05) is 4.31 Å². The SMILES string of the molecule is O=C1c2ccccc2S(=O)(=O)N1c1cc(F)cc(Oc2cccnc2)c1. The van der Waals surface area contributed by atoms with Crippen molar-refractivity contribution in [1.82, 2.24) is 4.98 Å². The molecule has 2 aromatic carbocycles. The van der Waals surface area contributed by atoms with E-state index in [1.54, 1.807) is 24.4 Å². The van der Waals surface area contributed by atoms with Crippen LogP contribution in [-0.4, -0.2) is 19.3 Å². The van der Waals surface area contributed by atoms with Crippen molar-refractivity contribution in [3.05, 3.63) is 78.4 Å². The molecule has 1 aliphatic heterocycles. The molecule has 0 saturated heterocycles. The summed E-state index contributed by atoms with van der Waals surface area (Å²) in [6.07, 6.45) is 2.98. The van der Waals surface area contributed by atoms with E-state index in [0.29, 0.717) is 10.1 Å². The quantitative estimate of drug-likeness (QED) is 0.707. The predicted octanol–water partition coefficient (Wildman–Crippen LogP) is 3.36. The number of sulfonamides is 1. The molecule has 0 atom stereocenters. The van der Waals surface area contributed by atoms with E-state index in [-0.39, 0.29) is 21.9 Å².